The molecule has 0 fully saturated rings. The van der Waals surface area contributed by atoms with E-state index in [1.54, 1.807) is 6.92 Å². The maximum absolute atomic E-state index is 10.3. The highest BCUT2D eigenvalue weighted by Gasteiger charge is 2.12. The fourth-order valence-corrected chi connectivity index (χ4v) is 0.811. The number of anilines is 1. The summed E-state index contributed by atoms with van der Waals surface area (Å²) in [5, 5.41) is 10.3. The number of hydrogen-bond acceptors (Lipinski definition) is 3. The van der Waals surface area contributed by atoms with Crippen molar-refractivity contribution in [1.29, 1.82) is 0 Å². The third kappa shape index (κ3) is 1.43. The SMILES string of the molecule is Cc1cc(N)[nH+]cc1[N+](=O)[O-]. The first-order chi connectivity index (χ1) is 5.11. The fraction of sp³-hybridized carbons (Fsp3) is 0.167. The molecule has 3 N–H and O–H groups in total. The Morgan fingerprint density at radius 2 is 2.36 bits per heavy atom. The van der Waals surface area contributed by atoms with Crippen LogP contribution in [-0.2, 0) is 0 Å². The number of nitro groups is 1. The zero-order valence-corrected chi connectivity index (χ0v) is 6.00. The number of aromatic nitrogens is 1. The zero-order valence-electron chi connectivity index (χ0n) is 6.00. The second-order valence-corrected chi connectivity index (χ2v) is 2.21. The largest absolute Gasteiger partial charge is 0.311 e. The first-order valence-corrected chi connectivity index (χ1v) is 3.03. The molecule has 0 saturated carbocycles. The van der Waals surface area contributed by atoms with Gasteiger partial charge in [0.05, 0.1) is 4.92 Å². The normalized spacial score (nSPS) is 9.55. The molecule has 0 radical (unpaired) electrons. The quantitative estimate of drug-likeness (QED) is 0.466. The summed E-state index contributed by atoms with van der Waals surface area (Å²) in [7, 11) is 0. The lowest BCUT2D eigenvalue weighted by Crippen LogP contribution is -2.11. The van der Waals surface area contributed by atoms with Gasteiger partial charge in [0.15, 0.2) is 6.20 Å². The van der Waals surface area contributed by atoms with E-state index in [9.17, 15) is 10.1 Å². The Morgan fingerprint density at radius 3 is 2.82 bits per heavy atom. The van der Waals surface area contributed by atoms with Crippen molar-refractivity contribution in [3.8, 4) is 0 Å². The van der Waals surface area contributed by atoms with Gasteiger partial charge in [-0.25, -0.2) is 4.98 Å². The molecule has 5 nitrogen and oxygen atoms in total. The molecule has 0 unspecified atom stereocenters. The summed E-state index contributed by atoms with van der Waals surface area (Å²) in [6.45, 7) is 1.64. The summed E-state index contributed by atoms with van der Waals surface area (Å²) in [6.07, 6.45) is 1.28. The van der Waals surface area contributed by atoms with Gasteiger partial charge in [0.1, 0.15) is 0 Å². The molecule has 0 spiro atoms. The van der Waals surface area contributed by atoms with E-state index in [2.05, 4.69) is 4.98 Å². The van der Waals surface area contributed by atoms with Crippen LogP contribution in [0.25, 0.3) is 0 Å². The van der Waals surface area contributed by atoms with Gasteiger partial charge < -0.3 is 0 Å². The lowest BCUT2D eigenvalue weighted by atomic mass is 10.2. The van der Waals surface area contributed by atoms with Gasteiger partial charge in [-0.1, -0.05) is 0 Å². The maximum atomic E-state index is 10.3. The number of pyridine rings is 1. The fourth-order valence-electron chi connectivity index (χ4n) is 0.811. The molecule has 1 rings (SSSR count). The molecule has 0 amide bonds. The average Bonchev–Trinajstić information content (AvgIpc) is 1.85. The van der Waals surface area contributed by atoms with Gasteiger partial charge in [-0.15, -0.1) is 0 Å². The Bertz CT molecular complexity index is 298. The lowest BCUT2D eigenvalue weighted by Gasteiger charge is -1.92. The van der Waals surface area contributed by atoms with Crippen LogP contribution in [-0.4, -0.2) is 4.92 Å². The van der Waals surface area contributed by atoms with Crippen molar-refractivity contribution in [3.05, 3.63) is 27.9 Å². The van der Waals surface area contributed by atoms with Gasteiger partial charge in [0.2, 0.25) is 0 Å². The van der Waals surface area contributed by atoms with Crippen LogP contribution in [0.3, 0.4) is 0 Å². The minimum absolute atomic E-state index is 0.0548. The van der Waals surface area contributed by atoms with E-state index in [0.717, 1.165) is 0 Å². The van der Waals surface area contributed by atoms with E-state index in [1.807, 2.05) is 0 Å². The van der Waals surface area contributed by atoms with Crippen LogP contribution in [0.5, 0.6) is 0 Å². The van der Waals surface area contributed by atoms with Gasteiger partial charge >= 0.3 is 5.69 Å². The van der Waals surface area contributed by atoms with Crippen LogP contribution in [0.1, 0.15) is 5.56 Å². The molecule has 0 atom stereocenters. The Hall–Kier alpha value is -1.65. The number of nitrogens with zero attached hydrogens (tertiary/aromatic N) is 1. The van der Waals surface area contributed by atoms with Crippen molar-refractivity contribution in [2.24, 2.45) is 0 Å². The third-order valence-electron chi connectivity index (χ3n) is 1.35. The molecule has 0 aliphatic rings. The van der Waals surface area contributed by atoms with Crippen LogP contribution >= 0.6 is 0 Å². The predicted octanol–water partition coefficient (Wildman–Crippen LogP) is 0.300. The molecule has 11 heavy (non-hydrogen) atoms. The second-order valence-electron chi connectivity index (χ2n) is 2.21. The number of H-pyrrole nitrogens is 1. The molecule has 0 aromatic carbocycles. The van der Waals surface area contributed by atoms with Crippen LogP contribution in [0.2, 0.25) is 0 Å². The standard InChI is InChI=1S/C6H7N3O2/c1-4-2-6(7)8-3-5(4)9(10)11/h2-3H,1H3,(H2,7,8)/p+1. The monoisotopic (exact) mass is 154 g/mol. The molecule has 58 valence electrons. The van der Waals surface area contributed by atoms with Crippen LogP contribution < -0.4 is 10.7 Å². The van der Waals surface area contributed by atoms with E-state index in [1.165, 1.54) is 12.3 Å². The lowest BCUT2D eigenvalue weighted by molar-refractivity contribution is -0.413. The molecule has 1 aromatic rings. The number of nitrogens with two attached hydrogens (primary N) is 1. The molecule has 0 aliphatic carbocycles. The average molecular weight is 154 g/mol. The number of nitrogens with one attached hydrogen (secondary N) is 1. The third-order valence-corrected chi connectivity index (χ3v) is 1.35. The molecule has 0 aliphatic heterocycles. The second kappa shape index (κ2) is 2.53. The van der Waals surface area contributed by atoms with Gasteiger partial charge in [0, 0.05) is 11.6 Å². The Kier molecular flexibility index (Phi) is 1.72. The molecule has 0 bridgehead atoms. The first kappa shape index (κ1) is 7.46. The topological polar surface area (TPSA) is 83.3 Å². The van der Waals surface area contributed by atoms with Crippen molar-refractivity contribution < 1.29 is 9.91 Å². The van der Waals surface area contributed by atoms with Crippen molar-refractivity contribution >= 4 is 11.5 Å². The van der Waals surface area contributed by atoms with Crippen LogP contribution in [0.15, 0.2) is 12.3 Å². The Balaban J connectivity index is 3.20. The van der Waals surface area contributed by atoms with Crippen LogP contribution in [0.4, 0.5) is 11.5 Å². The zero-order chi connectivity index (χ0) is 8.43. The number of rotatable bonds is 1. The predicted molar refractivity (Wildman–Crippen MR) is 38.8 cm³/mol. The number of aromatic amines is 1. The molecular formula is C6H8N3O2+. The minimum atomic E-state index is -0.453. The van der Waals surface area contributed by atoms with Gasteiger partial charge in [-0.2, -0.15) is 0 Å². The summed E-state index contributed by atoms with van der Waals surface area (Å²) in [5.41, 5.74) is 5.97. The van der Waals surface area contributed by atoms with Crippen molar-refractivity contribution in [1.82, 2.24) is 0 Å². The summed E-state index contributed by atoms with van der Waals surface area (Å²) >= 11 is 0. The molecular weight excluding hydrogens is 146 g/mol. The molecule has 5 heteroatoms. The summed E-state index contributed by atoms with van der Waals surface area (Å²) in [5.74, 6) is 0.424. The van der Waals surface area contributed by atoms with Crippen molar-refractivity contribution in [3.63, 3.8) is 0 Å². The maximum Gasteiger partial charge on any atom is 0.311 e. The van der Waals surface area contributed by atoms with Crippen LogP contribution in [0, 0.1) is 17.0 Å². The summed E-state index contributed by atoms with van der Waals surface area (Å²) in [6, 6.07) is 1.53. The van der Waals surface area contributed by atoms with E-state index >= 15 is 0 Å². The smallest absolute Gasteiger partial charge is 0.287 e. The van der Waals surface area contributed by atoms with Crippen molar-refractivity contribution in [2.45, 2.75) is 6.92 Å². The van der Waals surface area contributed by atoms with E-state index in [0.29, 0.717) is 11.4 Å². The number of nitrogen functional groups attached to an aromatic ring is 1. The number of aryl methyl sites for hydroxylation is 1. The number of hydrogen-bond donors (Lipinski definition) is 1. The van der Waals surface area contributed by atoms with Gasteiger partial charge in [-0.05, 0) is 6.92 Å². The Morgan fingerprint density at radius 1 is 1.73 bits per heavy atom. The van der Waals surface area contributed by atoms with E-state index < -0.39 is 4.92 Å². The highest BCUT2D eigenvalue weighted by Crippen LogP contribution is 2.14. The van der Waals surface area contributed by atoms with Gasteiger partial charge in [-0.3, -0.25) is 15.8 Å². The van der Waals surface area contributed by atoms with E-state index in [4.69, 9.17) is 5.73 Å². The van der Waals surface area contributed by atoms with Crippen molar-refractivity contribution in [2.75, 3.05) is 5.73 Å². The van der Waals surface area contributed by atoms with Gasteiger partial charge in [0.25, 0.3) is 5.82 Å². The minimum Gasteiger partial charge on any atom is -0.287 e. The highest BCUT2D eigenvalue weighted by molar-refractivity contribution is 5.39. The molecule has 1 heterocycles. The summed E-state index contributed by atoms with van der Waals surface area (Å²) in [4.78, 5) is 12.4. The van der Waals surface area contributed by atoms with E-state index in [-0.39, 0.29) is 5.69 Å². The Labute approximate surface area is 63.0 Å². The molecule has 0 saturated heterocycles. The molecule has 1 aromatic heterocycles. The summed E-state index contributed by atoms with van der Waals surface area (Å²) < 4.78 is 0. The highest BCUT2D eigenvalue weighted by atomic mass is 16.6. The first-order valence-electron chi connectivity index (χ1n) is 3.03.